The van der Waals surface area contributed by atoms with Crippen LogP contribution in [-0.4, -0.2) is 38.9 Å². The van der Waals surface area contributed by atoms with Gasteiger partial charge in [0, 0.05) is 25.6 Å². The van der Waals surface area contributed by atoms with E-state index >= 15 is 0 Å². The summed E-state index contributed by atoms with van der Waals surface area (Å²) in [6.45, 7) is 2.16. The molecule has 0 spiro atoms. The van der Waals surface area contributed by atoms with Crippen LogP contribution < -0.4 is 10.6 Å². The summed E-state index contributed by atoms with van der Waals surface area (Å²) in [6.07, 6.45) is 6.11. The number of hydrogen-bond acceptors (Lipinski definition) is 4. The zero-order valence-corrected chi connectivity index (χ0v) is 13.1. The van der Waals surface area contributed by atoms with Crippen LogP contribution in [-0.2, 0) is 11.8 Å². The predicted octanol–water partition coefficient (Wildman–Crippen LogP) is 0.628. The molecule has 1 aliphatic heterocycles. The fourth-order valence-corrected chi connectivity index (χ4v) is 3.87. The lowest BCUT2D eigenvalue weighted by Gasteiger charge is -2.43. The highest BCUT2D eigenvalue weighted by molar-refractivity contribution is 5.92. The smallest absolute Gasteiger partial charge is 0.273 e. The number of piperidine rings is 1. The normalized spacial score (nSPS) is 31.3. The van der Waals surface area contributed by atoms with Crippen molar-refractivity contribution in [3.05, 3.63) is 11.9 Å². The molecule has 0 radical (unpaired) electrons. The molecule has 0 bridgehead atoms. The summed E-state index contributed by atoms with van der Waals surface area (Å²) < 4.78 is 1.51. The van der Waals surface area contributed by atoms with E-state index in [0.717, 1.165) is 25.7 Å². The molecule has 1 aromatic heterocycles. The second kappa shape index (κ2) is 6.06. The molecule has 3 rings (SSSR count). The van der Waals surface area contributed by atoms with Gasteiger partial charge in [-0.3, -0.25) is 14.3 Å². The van der Waals surface area contributed by atoms with Crippen LogP contribution in [0.4, 0.5) is 0 Å². The van der Waals surface area contributed by atoms with Crippen LogP contribution >= 0.6 is 0 Å². The number of hydrogen-bond donors (Lipinski definition) is 2. The Labute approximate surface area is 129 Å². The zero-order valence-electron chi connectivity index (χ0n) is 13.1. The van der Waals surface area contributed by atoms with Gasteiger partial charge < -0.3 is 10.6 Å². The molecular formula is C15H23N5O2. The van der Waals surface area contributed by atoms with Crippen LogP contribution in [0, 0.1) is 11.8 Å². The van der Waals surface area contributed by atoms with E-state index in [2.05, 4.69) is 27.9 Å². The number of carbonyl (C=O) groups excluding carboxylic acids is 2. The number of aromatic nitrogens is 3. The second-order valence-electron chi connectivity index (χ2n) is 6.47. The van der Waals surface area contributed by atoms with Crippen molar-refractivity contribution < 1.29 is 9.59 Å². The van der Waals surface area contributed by atoms with Crippen molar-refractivity contribution in [3.8, 4) is 0 Å². The van der Waals surface area contributed by atoms with Gasteiger partial charge in [0.2, 0.25) is 5.91 Å². The fraction of sp³-hybridized carbons (Fsp3) is 0.733. The molecule has 2 fully saturated rings. The SMILES string of the molecule is CCC1CC(=O)NC2CC(NC(=O)c3cn(C)nn3)CCC12. The van der Waals surface area contributed by atoms with Gasteiger partial charge in [-0.25, -0.2) is 0 Å². The van der Waals surface area contributed by atoms with Crippen molar-refractivity contribution in [2.45, 2.75) is 51.1 Å². The first-order valence-electron chi connectivity index (χ1n) is 8.03. The summed E-state index contributed by atoms with van der Waals surface area (Å²) in [5, 5.41) is 13.7. The Balaban J connectivity index is 1.61. The summed E-state index contributed by atoms with van der Waals surface area (Å²) >= 11 is 0. The van der Waals surface area contributed by atoms with Crippen molar-refractivity contribution in [1.82, 2.24) is 25.6 Å². The molecular weight excluding hydrogens is 282 g/mol. The van der Waals surface area contributed by atoms with Crippen LogP contribution in [0.5, 0.6) is 0 Å². The van der Waals surface area contributed by atoms with Gasteiger partial charge in [0.05, 0.1) is 6.20 Å². The molecule has 120 valence electrons. The maximum atomic E-state index is 12.2. The molecule has 4 unspecified atom stereocenters. The van der Waals surface area contributed by atoms with Crippen LogP contribution in [0.3, 0.4) is 0 Å². The molecule has 22 heavy (non-hydrogen) atoms. The number of amides is 2. The molecule has 7 heteroatoms. The third kappa shape index (κ3) is 2.98. The van der Waals surface area contributed by atoms with Crippen LogP contribution in [0.1, 0.15) is 49.5 Å². The Morgan fingerprint density at radius 1 is 1.50 bits per heavy atom. The van der Waals surface area contributed by atoms with Crippen molar-refractivity contribution in [3.63, 3.8) is 0 Å². The van der Waals surface area contributed by atoms with Gasteiger partial charge in [-0.15, -0.1) is 5.10 Å². The molecule has 7 nitrogen and oxygen atoms in total. The Bertz CT molecular complexity index is 570. The van der Waals surface area contributed by atoms with E-state index in [9.17, 15) is 9.59 Å². The number of fused-ring (bicyclic) bond motifs is 1. The van der Waals surface area contributed by atoms with Crippen LogP contribution in [0.25, 0.3) is 0 Å². The lowest BCUT2D eigenvalue weighted by Crippen LogP contribution is -2.55. The Morgan fingerprint density at radius 2 is 2.32 bits per heavy atom. The van der Waals surface area contributed by atoms with Gasteiger partial charge >= 0.3 is 0 Å². The van der Waals surface area contributed by atoms with Gasteiger partial charge in [-0.1, -0.05) is 18.6 Å². The molecule has 1 saturated heterocycles. The summed E-state index contributed by atoms with van der Waals surface area (Å²) in [4.78, 5) is 24.0. The number of carbonyl (C=O) groups is 2. The lowest BCUT2D eigenvalue weighted by molar-refractivity contribution is -0.127. The highest BCUT2D eigenvalue weighted by Crippen LogP contribution is 2.36. The first-order valence-corrected chi connectivity index (χ1v) is 8.03. The Kier molecular flexibility index (Phi) is 4.13. The van der Waals surface area contributed by atoms with Gasteiger partial charge in [0.1, 0.15) is 0 Å². The average molecular weight is 305 g/mol. The Morgan fingerprint density at radius 3 is 3.00 bits per heavy atom. The third-order valence-corrected chi connectivity index (χ3v) is 5.00. The molecule has 2 heterocycles. The first-order chi connectivity index (χ1) is 10.6. The van der Waals surface area contributed by atoms with E-state index in [1.807, 2.05) is 0 Å². The number of rotatable bonds is 3. The molecule has 2 amide bonds. The maximum absolute atomic E-state index is 12.2. The minimum absolute atomic E-state index is 0.0895. The molecule has 1 saturated carbocycles. The monoisotopic (exact) mass is 305 g/mol. The van der Waals surface area contributed by atoms with Gasteiger partial charge in [0.15, 0.2) is 5.69 Å². The third-order valence-electron chi connectivity index (χ3n) is 5.00. The predicted molar refractivity (Wildman–Crippen MR) is 79.9 cm³/mol. The van der Waals surface area contributed by atoms with E-state index in [0.29, 0.717) is 24.0 Å². The highest BCUT2D eigenvalue weighted by atomic mass is 16.2. The molecule has 1 aromatic rings. The largest absolute Gasteiger partial charge is 0.353 e. The van der Waals surface area contributed by atoms with Crippen LogP contribution in [0.15, 0.2) is 6.20 Å². The van der Waals surface area contributed by atoms with Gasteiger partial charge in [0.25, 0.3) is 5.91 Å². The molecule has 0 aromatic carbocycles. The quantitative estimate of drug-likeness (QED) is 0.857. The Hall–Kier alpha value is -1.92. The summed E-state index contributed by atoms with van der Waals surface area (Å²) in [5.41, 5.74) is 0.337. The summed E-state index contributed by atoms with van der Waals surface area (Å²) in [7, 11) is 1.73. The van der Waals surface area contributed by atoms with E-state index < -0.39 is 0 Å². The van der Waals surface area contributed by atoms with E-state index in [4.69, 9.17) is 0 Å². The number of aryl methyl sites for hydroxylation is 1. The van der Waals surface area contributed by atoms with E-state index in [-0.39, 0.29) is 23.9 Å². The van der Waals surface area contributed by atoms with Gasteiger partial charge in [-0.2, -0.15) is 0 Å². The molecule has 2 N–H and O–H groups in total. The zero-order chi connectivity index (χ0) is 15.7. The van der Waals surface area contributed by atoms with Crippen molar-refractivity contribution in [1.29, 1.82) is 0 Å². The highest BCUT2D eigenvalue weighted by Gasteiger charge is 2.40. The average Bonchev–Trinajstić information content (AvgIpc) is 2.92. The number of nitrogens with one attached hydrogen (secondary N) is 2. The first kappa shape index (κ1) is 15.0. The topological polar surface area (TPSA) is 88.9 Å². The lowest BCUT2D eigenvalue weighted by atomic mass is 9.70. The minimum Gasteiger partial charge on any atom is -0.353 e. The number of nitrogens with zero attached hydrogens (tertiary/aromatic N) is 3. The fourth-order valence-electron chi connectivity index (χ4n) is 3.87. The second-order valence-corrected chi connectivity index (χ2v) is 6.47. The molecule has 4 atom stereocenters. The van der Waals surface area contributed by atoms with Crippen molar-refractivity contribution in [2.24, 2.45) is 18.9 Å². The molecule has 1 aliphatic carbocycles. The van der Waals surface area contributed by atoms with Gasteiger partial charge in [-0.05, 0) is 31.1 Å². The summed E-state index contributed by atoms with van der Waals surface area (Å²) in [6, 6.07) is 0.277. The van der Waals surface area contributed by atoms with Crippen molar-refractivity contribution >= 4 is 11.8 Å². The molecule has 2 aliphatic rings. The van der Waals surface area contributed by atoms with E-state index in [1.165, 1.54) is 4.68 Å². The van der Waals surface area contributed by atoms with E-state index in [1.54, 1.807) is 13.2 Å². The summed E-state index contributed by atoms with van der Waals surface area (Å²) in [5.74, 6) is 0.988. The maximum Gasteiger partial charge on any atom is 0.273 e. The standard InChI is InChI=1S/C15H23N5O2/c1-3-9-6-14(21)17-12-7-10(4-5-11(9)12)16-15(22)13-8-20(2)19-18-13/h8-12H,3-7H2,1-2H3,(H,16,22)(H,17,21). The van der Waals surface area contributed by atoms with Crippen molar-refractivity contribution in [2.75, 3.05) is 0 Å². The minimum atomic E-state index is -0.189. The van der Waals surface area contributed by atoms with Crippen LogP contribution in [0.2, 0.25) is 0 Å².